The number of carbonyl (C=O) groups excluding carboxylic acids is 1. The standard InChI is InChI=1S/C20H24N4O2/c1-13-10-17(23-20(22-13)21-12-16-7-5-9-26-16)19(25)24-14(2)11-15-6-3-4-8-18(15)24/h3-4,6,8,10,14,16H,5,7,9,11-12H2,1-2H3,(H,21,22,23). The predicted molar refractivity (Wildman–Crippen MR) is 101 cm³/mol. The van der Waals surface area contributed by atoms with Crippen molar-refractivity contribution in [1.82, 2.24) is 9.97 Å². The fourth-order valence-corrected chi connectivity index (χ4v) is 3.77. The number of anilines is 2. The Labute approximate surface area is 153 Å². The van der Waals surface area contributed by atoms with E-state index < -0.39 is 0 Å². The molecule has 136 valence electrons. The van der Waals surface area contributed by atoms with Crippen molar-refractivity contribution >= 4 is 17.5 Å². The van der Waals surface area contributed by atoms with E-state index >= 15 is 0 Å². The third-order valence-corrected chi connectivity index (χ3v) is 5.01. The van der Waals surface area contributed by atoms with Crippen LogP contribution in [0.1, 0.15) is 41.5 Å². The molecule has 4 rings (SSSR count). The molecule has 0 aliphatic carbocycles. The van der Waals surface area contributed by atoms with Gasteiger partial charge in [0, 0.05) is 30.6 Å². The monoisotopic (exact) mass is 352 g/mol. The summed E-state index contributed by atoms with van der Waals surface area (Å²) in [7, 11) is 0. The Morgan fingerprint density at radius 2 is 2.19 bits per heavy atom. The van der Waals surface area contributed by atoms with E-state index in [1.165, 1.54) is 5.56 Å². The number of fused-ring (bicyclic) bond motifs is 1. The lowest BCUT2D eigenvalue weighted by molar-refractivity contribution is 0.0976. The summed E-state index contributed by atoms with van der Waals surface area (Å²) in [5.74, 6) is 0.414. The minimum atomic E-state index is -0.0758. The lowest BCUT2D eigenvalue weighted by Gasteiger charge is -2.22. The van der Waals surface area contributed by atoms with Crippen molar-refractivity contribution in [3.63, 3.8) is 0 Å². The van der Waals surface area contributed by atoms with Crippen LogP contribution in [0.5, 0.6) is 0 Å². The van der Waals surface area contributed by atoms with Crippen LogP contribution in [0.4, 0.5) is 11.6 Å². The Bertz CT molecular complexity index is 817. The molecule has 2 aliphatic rings. The summed E-state index contributed by atoms with van der Waals surface area (Å²) in [6.07, 6.45) is 3.21. The van der Waals surface area contributed by atoms with Crippen LogP contribution < -0.4 is 10.2 Å². The first-order valence-electron chi connectivity index (χ1n) is 9.24. The SMILES string of the molecule is Cc1cc(C(=O)N2c3ccccc3CC2C)nc(NCC2CCCO2)n1. The van der Waals surface area contributed by atoms with E-state index in [0.717, 1.165) is 37.3 Å². The van der Waals surface area contributed by atoms with Gasteiger partial charge in [-0.2, -0.15) is 0 Å². The van der Waals surface area contributed by atoms with Gasteiger partial charge < -0.3 is 15.0 Å². The van der Waals surface area contributed by atoms with Crippen LogP contribution >= 0.6 is 0 Å². The molecule has 1 aromatic heterocycles. The molecule has 3 heterocycles. The van der Waals surface area contributed by atoms with Crippen molar-refractivity contribution in [2.75, 3.05) is 23.4 Å². The average molecular weight is 352 g/mol. The van der Waals surface area contributed by atoms with Crippen molar-refractivity contribution in [1.29, 1.82) is 0 Å². The first kappa shape index (κ1) is 17.0. The second-order valence-corrected chi connectivity index (χ2v) is 7.09. The van der Waals surface area contributed by atoms with Crippen LogP contribution in [-0.2, 0) is 11.2 Å². The number of ether oxygens (including phenoxy) is 1. The number of hydrogen-bond acceptors (Lipinski definition) is 5. The fraction of sp³-hybridized carbons (Fsp3) is 0.450. The van der Waals surface area contributed by atoms with Crippen LogP contribution in [0.25, 0.3) is 0 Å². The maximum absolute atomic E-state index is 13.2. The highest BCUT2D eigenvalue weighted by Crippen LogP contribution is 2.32. The Hall–Kier alpha value is -2.47. The molecule has 1 saturated heterocycles. The number of benzene rings is 1. The summed E-state index contributed by atoms with van der Waals surface area (Å²) in [6.45, 7) is 5.44. The lowest BCUT2D eigenvalue weighted by atomic mass is 10.1. The van der Waals surface area contributed by atoms with Crippen LogP contribution in [0, 0.1) is 6.92 Å². The molecule has 2 aromatic rings. The topological polar surface area (TPSA) is 67.4 Å². The molecule has 0 spiro atoms. The van der Waals surface area contributed by atoms with E-state index in [-0.39, 0.29) is 18.1 Å². The van der Waals surface area contributed by atoms with Crippen molar-refractivity contribution in [3.8, 4) is 0 Å². The van der Waals surface area contributed by atoms with E-state index in [4.69, 9.17) is 4.74 Å². The number of amides is 1. The molecule has 1 N–H and O–H groups in total. The Morgan fingerprint density at radius 1 is 1.35 bits per heavy atom. The third kappa shape index (κ3) is 3.29. The Balaban J connectivity index is 1.56. The lowest BCUT2D eigenvalue weighted by Crippen LogP contribution is -2.36. The zero-order valence-corrected chi connectivity index (χ0v) is 15.2. The fourth-order valence-electron chi connectivity index (χ4n) is 3.77. The predicted octanol–water partition coefficient (Wildman–Crippen LogP) is 2.97. The van der Waals surface area contributed by atoms with E-state index in [0.29, 0.717) is 18.2 Å². The number of para-hydroxylation sites is 1. The number of aromatic nitrogens is 2. The van der Waals surface area contributed by atoms with Crippen LogP contribution in [-0.4, -0.2) is 41.2 Å². The summed E-state index contributed by atoms with van der Waals surface area (Å²) in [6, 6.07) is 9.95. The molecule has 2 atom stereocenters. The maximum Gasteiger partial charge on any atom is 0.277 e. The molecule has 0 bridgehead atoms. The molecule has 2 unspecified atom stereocenters. The van der Waals surface area contributed by atoms with Gasteiger partial charge >= 0.3 is 0 Å². The molecule has 1 amide bonds. The molecule has 0 saturated carbocycles. The first-order valence-corrected chi connectivity index (χ1v) is 9.24. The van der Waals surface area contributed by atoms with Gasteiger partial charge in [0.1, 0.15) is 5.69 Å². The summed E-state index contributed by atoms with van der Waals surface area (Å²) >= 11 is 0. The van der Waals surface area contributed by atoms with E-state index in [9.17, 15) is 4.79 Å². The minimum absolute atomic E-state index is 0.0758. The smallest absolute Gasteiger partial charge is 0.277 e. The Kier molecular flexibility index (Phi) is 4.59. The first-order chi connectivity index (χ1) is 12.6. The van der Waals surface area contributed by atoms with Gasteiger partial charge in [-0.05, 0) is 50.8 Å². The number of rotatable bonds is 4. The van der Waals surface area contributed by atoms with E-state index in [1.54, 1.807) is 6.07 Å². The highest BCUT2D eigenvalue weighted by atomic mass is 16.5. The normalized spacial score (nSPS) is 21.7. The minimum Gasteiger partial charge on any atom is -0.376 e. The van der Waals surface area contributed by atoms with Gasteiger partial charge in [-0.15, -0.1) is 0 Å². The second-order valence-electron chi connectivity index (χ2n) is 7.09. The zero-order valence-electron chi connectivity index (χ0n) is 15.2. The highest BCUT2D eigenvalue weighted by molar-refractivity contribution is 6.06. The quantitative estimate of drug-likeness (QED) is 0.916. The molecule has 6 nitrogen and oxygen atoms in total. The van der Waals surface area contributed by atoms with E-state index in [1.807, 2.05) is 30.0 Å². The summed E-state index contributed by atoms with van der Waals surface area (Å²) in [4.78, 5) is 23.9. The van der Waals surface area contributed by atoms with Crippen molar-refractivity contribution in [2.24, 2.45) is 0 Å². The molecule has 1 fully saturated rings. The number of nitrogens with zero attached hydrogens (tertiary/aromatic N) is 3. The zero-order chi connectivity index (χ0) is 18.1. The molecule has 26 heavy (non-hydrogen) atoms. The Morgan fingerprint density at radius 3 is 3.00 bits per heavy atom. The van der Waals surface area contributed by atoms with Gasteiger partial charge in [-0.1, -0.05) is 18.2 Å². The van der Waals surface area contributed by atoms with Crippen molar-refractivity contribution in [3.05, 3.63) is 47.3 Å². The summed E-state index contributed by atoms with van der Waals surface area (Å²) in [5.41, 5.74) is 3.39. The molecular formula is C20H24N4O2. The largest absolute Gasteiger partial charge is 0.376 e. The average Bonchev–Trinajstić information content (AvgIpc) is 3.25. The van der Waals surface area contributed by atoms with Crippen LogP contribution in [0.15, 0.2) is 30.3 Å². The third-order valence-electron chi connectivity index (χ3n) is 5.01. The highest BCUT2D eigenvalue weighted by Gasteiger charge is 2.32. The summed E-state index contributed by atoms with van der Waals surface area (Å²) in [5, 5.41) is 3.23. The van der Waals surface area contributed by atoms with Gasteiger partial charge in [0.2, 0.25) is 5.95 Å². The number of nitrogens with one attached hydrogen (secondary N) is 1. The van der Waals surface area contributed by atoms with Crippen LogP contribution in [0.3, 0.4) is 0 Å². The van der Waals surface area contributed by atoms with Gasteiger partial charge in [0.05, 0.1) is 6.10 Å². The number of carbonyl (C=O) groups is 1. The maximum atomic E-state index is 13.2. The van der Waals surface area contributed by atoms with Gasteiger partial charge in [0.25, 0.3) is 5.91 Å². The summed E-state index contributed by atoms with van der Waals surface area (Å²) < 4.78 is 5.62. The number of hydrogen-bond donors (Lipinski definition) is 1. The molecule has 0 radical (unpaired) electrons. The molecule has 1 aromatic carbocycles. The second kappa shape index (κ2) is 7.03. The van der Waals surface area contributed by atoms with Gasteiger partial charge in [-0.3, -0.25) is 4.79 Å². The van der Waals surface area contributed by atoms with Gasteiger partial charge in [0.15, 0.2) is 0 Å². The molecular weight excluding hydrogens is 328 g/mol. The van der Waals surface area contributed by atoms with Crippen LogP contribution in [0.2, 0.25) is 0 Å². The number of aryl methyl sites for hydroxylation is 1. The van der Waals surface area contributed by atoms with Crippen molar-refractivity contribution in [2.45, 2.75) is 45.3 Å². The van der Waals surface area contributed by atoms with Gasteiger partial charge in [-0.25, -0.2) is 9.97 Å². The molecule has 6 heteroatoms. The molecule has 2 aliphatic heterocycles. The van der Waals surface area contributed by atoms with E-state index in [2.05, 4.69) is 28.3 Å². The van der Waals surface area contributed by atoms with Crippen molar-refractivity contribution < 1.29 is 9.53 Å².